The molecule has 0 saturated carbocycles. The Balaban J connectivity index is 2.33. The monoisotopic (exact) mass is 350 g/mol. The first-order chi connectivity index (χ1) is 10.9. The molecular weight excluding hydrogens is 336 g/mol. The van der Waals surface area contributed by atoms with Crippen LogP contribution in [0.5, 0.6) is 0 Å². The van der Waals surface area contributed by atoms with Crippen LogP contribution in [0, 0.1) is 0 Å². The minimum Gasteiger partial charge on any atom is -0.481 e. The number of thiophene rings is 1. The molecule has 0 spiro atoms. The molecule has 0 unspecified atom stereocenters. The number of fused-ring (bicyclic) bond motifs is 1. The predicted octanol–water partition coefficient (Wildman–Crippen LogP) is 2.52. The van der Waals surface area contributed by atoms with Crippen LogP contribution in [0.2, 0.25) is 0 Å². The van der Waals surface area contributed by atoms with Gasteiger partial charge in [-0.05, 0) is 35.1 Å². The van der Waals surface area contributed by atoms with Crippen molar-refractivity contribution in [3.63, 3.8) is 0 Å². The highest BCUT2D eigenvalue weighted by molar-refractivity contribution is 7.92. The Morgan fingerprint density at radius 2 is 2.13 bits per heavy atom. The van der Waals surface area contributed by atoms with Crippen molar-refractivity contribution in [2.45, 2.75) is 24.0 Å². The molecule has 0 aliphatic heterocycles. The summed E-state index contributed by atoms with van der Waals surface area (Å²) in [6.07, 6.45) is 3.34. The van der Waals surface area contributed by atoms with Crippen molar-refractivity contribution in [1.82, 2.24) is 8.96 Å². The summed E-state index contributed by atoms with van der Waals surface area (Å²) in [5, 5.41) is 11.4. The lowest BCUT2D eigenvalue weighted by Crippen LogP contribution is -2.11. The fourth-order valence-electron chi connectivity index (χ4n) is 2.56. The standard InChI is InChI=1S/C15H14N2O4S2/c1-2-10-5-6-16-15-14(10)11(8-12(18)19)9-17(15)23(20,21)13-4-3-7-22-13/h3-7,9H,2,8H2,1H3,(H,18,19). The van der Waals surface area contributed by atoms with Crippen molar-refractivity contribution >= 4 is 38.4 Å². The lowest BCUT2D eigenvalue weighted by atomic mass is 10.1. The largest absolute Gasteiger partial charge is 0.481 e. The molecule has 0 atom stereocenters. The number of carboxylic acids is 1. The molecule has 0 fully saturated rings. The van der Waals surface area contributed by atoms with Gasteiger partial charge in [0, 0.05) is 17.8 Å². The molecule has 3 heterocycles. The van der Waals surface area contributed by atoms with Gasteiger partial charge in [-0.1, -0.05) is 13.0 Å². The smallest absolute Gasteiger partial charge is 0.307 e. The van der Waals surface area contributed by atoms with Gasteiger partial charge in [-0.15, -0.1) is 11.3 Å². The van der Waals surface area contributed by atoms with Gasteiger partial charge in [0.2, 0.25) is 0 Å². The molecule has 0 bridgehead atoms. The Labute approximate surface area is 137 Å². The number of hydrogen-bond acceptors (Lipinski definition) is 5. The number of carbonyl (C=O) groups is 1. The fourth-order valence-corrected chi connectivity index (χ4v) is 4.97. The van der Waals surface area contributed by atoms with E-state index in [0.29, 0.717) is 17.4 Å². The molecule has 0 aliphatic carbocycles. The summed E-state index contributed by atoms with van der Waals surface area (Å²) in [5.41, 5.74) is 1.61. The van der Waals surface area contributed by atoms with Gasteiger partial charge in [0.15, 0.2) is 5.65 Å². The molecule has 0 aliphatic rings. The SMILES string of the molecule is CCc1ccnc2c1c(CC(=O)O)cn2S(=O)(=O)c1cccs1. The van der Waals surface area contributed by atoms with E-state index in [9.17, 15) is 13.2 Å². The molecule has 0 saturated heterocycles. The topological polar surface area (TPSA) is 89.3 Å². The zero-order valence-corrected chi connectivity index (χ0v) is 13.9. The number of nitrogens with zero attached hydrogens (tertiary/aromatic N) is 2. The third-order valence-corrected chi connectivity index (χ3v) is 6.57. The molecule has 1 N–H and O–H groups in total. The number of aliphatic carboxylic acids is 1. The number of aryl methyl sites for hydroxylation is 1. The first kappa shape index (κ1) is 15.7. The number of pyridine rings is 1. The van der Waals surface area contributed by atoms with Crippen molar-refractivity contribution in [2.24, 2.45) is 0 Å². The molecular formula is C15H14N2O4S2. The van der Waals surface area contributed by atoms with Crippen LogP contribution in [0.1, 0.15) is 18.1 Å². The van der Waals surface area contributed by atoms with Crippen molar-refractivity contribution < 1.29 is 18.3 Å². The second-order valence-electron chi connectivity index (χ2n) is 4.98. The fraction of sp³-hybridized carbons (Fsp3) is 0.200. The van der Waals surface area contributed by atoms with Crippen LogP contribution < -0.4 is 0 Å². The Morgan fingerprint density at radius 3 is 2.74 bits per heavy atom. The third-order valence-electron chi connectivity index (χ3n) is 3.55. The maximum absolute atomic E-state index is 12.8. The van der Waals surface area contributed by atoms with E-state index < -0.39 is 16.0 Å². The lowest BCUT2D eigenvalue weighted by Gasteiger charge is -2.05. The number of hydrogen-bond donors (Lipinski definition) is 1. The Morgan fingerprint density at radius 1 is 1.35 bits per heavy atom. The van der Waals surface area contributed by atoms with E-state index >= 15 is 0 Å². The van der Waals surface area contributed by atoms with Crippen molar-refractivity contribution in [2.75, 3.05) is 0 Å². The summed E-state index contributed by atoms with van der Waals surface area (Å²) in [4.78, 5) is 15.3. The van der Waals surface area contributed by atoms with E-state index in [0.717, 1.165) is 20.9 Å². The highest BCUT2D eigenvalue weighted by atomic mass is 32.2. The highest BCUT2D eigenvalue weighted by Gasteiger charge is 2.24. The zero-order valence-electron chi connectivity index (χ0n) is 12.3. The molecule has 0 aromatic carbocycles. The number of carboxylic acid groups (broad SMARTS) is 1. The van der Waals surface area contributed by atoms with E-state index in [1.807, 2.05) is 6.92 Å². The number of aromatic nitrogens is 2. The molecule has 23 heavy (non-hydrogen) atoms. The van der Waals surface area contributed by atoms with Gasteiger partial charge < -0.3 is 5.11 Å². The molecule has 3 aromatic heterocycles. The first-order valence-corrected chi connectivity index (χ1v) is 9.25. The van der Waals surface area contributed by atoms with E-state index in [1.54, 1.807) is 23.7 Å². The molecule has 6 nitrogen and oxygen atoms in total. The summed E-state index contributed by atoms with van der Waals surface area (Å²) >= 11 is 1.11. The van der Waals surface area contributed by atoms with Crippen LogP contribution in [0.25, 0.3) is 11.0 Å². The normalized spacial score (nSPS) is 11.9. The van der Waals surface area contributed by atoms with Crippen LogP contribution >= 0.6 is 11.3 Å². The maximum Gasteiger partial charge on any atom is 0.307 e. The molecule has 8 heteroatoms. The number of rotatable bonds is 5. The Bertz CT molecular complexity index is 972. The van der Waals surface area contributed by atoms with E-state index in [-0.39, 0.29) is 16.3 Å². The van der Waals surface area contributed by atoms with Gasteiger partial charge in [-0.3, -0.25) is 4.79 Å². The van der Waals surface area contributed by atoms with Gasteiger partial charge in [0.1, 0.15) is 4.21 Å². The van der Waals surface area contributed by atoms with Crippen LogP contribution in [0.3, 0.4) is 0 Å². The Hall–Kier alpha value is -2.19. The highest BCUT2D eigenvalue weighted by Crippen LogP contribution is 2.29. The van der Waals surface area contributed by atoms with Gasteiger partial charge in [0.25, 0.3) is 10.0 Å². The van der Waals surface area contributed by atoms with Crippen molar-refractivity contribution in [3.05, 3.63) is 47.1 Å². The second kappa shape index (κ2) is 5.78. The van der Waals surface area contributed by atoms with Crippen LogP contribution in [-0.4, -0.2) is 28.5 Å². The third kappa shape index (κ3) is 2.64. The van der Waals surface area contributed by atoms with Crippen molar-refractivity contribution in [1.29, 1.82) is 0 Å². The summed E-state index contributed by atoms with van der Waals surface area (Å²) in [7, 11) is -3.78. The van der Waals surface area contributed by atoms with Crippen LogP contribution in [-0.2, 0) is 27.7 Å². The molecule has 3 aromatic rings. The molecule has 120 valence electrons. The Kier molecular flexibility index (Phi) is 3.95. The van der Waals surface area contributed by atoms with Crippen LogP contribution in [0.4, 0.5) is 0 Å². The quantitative estimate of drug-likeness (QED) is 0.764. The lowest BCUT2D eigenvalue weighted by molar-refractivity contribution is -0.136. The molecule has 0 amide bonds. The average Bonchev–Trinajstić information content (AvgIpc) is 3.15. The predicted molar refractivity (Wildman–Crippen MR) is 87.4 cm³/mol. The molecule has 0 radical (unpaired) electrons. The summed E-state index contributed by atoms with van der Waals surface area (Å²) in [6, 6.07) is 4.97. The summed E-state index contributed by atoms with van der Waals surface area (Å²) in [5.74, 6) is -1.01. The summed E-state index contributed by atoms with van der Waals surface area (Å²) in [6.45, 7) is 1.93. The van der Waals surface area contributed by atoms with Crippen LogP contribution in [0.15, 0.2) is 40.2 Å². The molecule has 3 rings (SSSR count). The minimum absolute atomic E-state index is 0.194. The van der Waals surface area contributed by atoms with Gasteiger partial charge in [-0.2, -0.15) is 8.42 Å². The minimum atomic E-state index is -3.78. The van der Waals surface area contributed by atoms with Crippen molar-refractivity contribution in [3.8, 4) is 0 Å². The first-order valence-electron chi connectivity index (χ1n) is 6.93. The van der Waals surface area contributed by atoms with Gasteiger partial charge in [-0.25, -0.2) is 8.96 Å². The van der Waals surface area contributed by atoms with E-state index in [4.69, 9.17) is 5.11 Å². The second-order valence-corrected chi connectivity index (χ2v) is 7.97. The van der Waals surface area contributed by atoms with Gasteiger partial charge >= 0.3 is 5.97 Å². The van der Waals surface area contributed by atoms with E-state index in [1.165, 1.54) is 12.3 Å². The van der Waals surface area contributed by atoms with Gasteiger partial charge in [0.05, 0.1) is 6.42 Å². The average molecular weight is 350 g/mol. The zero-order chi connectivity index (χ0) is 16.6. The summed E-state index contributed by atoms with van der Waals surface area (Å²) < 4.78 is 26.9. The maximum atomic E-state index is 12.8. The van der Waals surface area contributed by atoms with E-state index in [2.05, 4.69) is 4.98 Å².